The Kier molecular flexibility index (Phi) is 4.28. The molecule has 1 aliphatic carbocycles. The van der Waals surface area contributed by atoms with Crippen LogP contribution in [0.5, 0.6) is 0 Å². The lowest BCUT2D eigenvalue weighted by Gasteiger charge is -2.58. The van der Waals surface area contributed by atoms with E-state index >= 15 is 0 Å². The normalized spacial score (nSPS) is 41.9. The van der Waals surface area contributed by atoms with Crippen molar-refractivity contribution < 1.29 is 9.53 Å². The number of nitrogens with zero attached hydrogens (tertiary/aromatic N) is 1. The third kappa shape index (κ3) is 3.05. The van der Waals surface area contributed by atoms with E-state index < -0.39 is 0 Å². The molecule has 1 amide bonds. The monoisotopic (exact) mass is 308 g/mol. The minimum absolute atomic E-state index is 0.0259. The van der Waals surface area contributed by atoms with Crippen LogP contribution in [0.2, 0.25) is 0 Å². The van der Waals surface area contributed by atoms with Crippen LogP contribution in [0.25, 0.3) is 0 Å². The molecule has 4 heteroatoms. The number of hydrogen-bond donors (Lipinski definition) is 1. The number of carbonyl (C=O) groups is 1. The van der Waals surface area contributed by atoms with Crippen molar-refractivity contribution in [2.24, 2.45) is 11.8 Å². The number of likely N-dealkylation sites (tertiary alicyclic amines) is 1. The first kappa shape index (κ1) is 16.3. The second-order valence-corrected chi connectivity index (χ2v) is 8.44. The molecule has 3 aliphatic rings. The molecule has 2 heterocycles. The van der Waals surface area contributed by atoms with Gasteiger partial charge in [0.25, 0.3) is 0 Å². The van der Waals surface area contributed by atoms with Crippen molar-refractivity contribution in [1.29, 1.82) is 0 Å². The van der Waals surface area contributed by atoms with E-state index in [1.807, 2.05) is 0 Å². The van der Waals surface area contributed by atoms with E-state index in [1.165, 1.54) is 12.8 Å². The van der Waals surface area contributed by atoms with Gasteiger partial charge in [0.15, 0.2) is 0 Å². The number of rotatable bonds is 1. The maximum atomic E-state index is 11.8. The van der Waals surface area contributed by atoms with Gasteiger partial charge in [-0.05, 0) is 52.0 Å². The Hall–Kier alpha value is -0.610. The van der Waals surface area contributed by atoms with Gasteiger partial charge >= 0.3 is 0 Å². The number of amides is 1. The van der Waals surface area contributed by atoms with Gasteiger partial charge < -0.3 is 15.0 Å². The zero-order valence-electron chi connectivity index (χ0n) is 14.7. The summed E-state index contributed by atoms with van der Waals surface area (Å²) in [5.74, 6) is 1.31. The van der Waals surface area contributed by atoms with Gasteiger partial charge in [-0.25, -0.2) is 0 Å². The number of nitrogens with one attached hydrogen (secondary N) is 1. The van der Waals surface area contributed by atoms with E-state index in [-0.39, 0.29) is 17.0 Å². The highest BCUT2D eigenvalue weighted by atomic mass is 16.5. The van der Waals surface area contributed by atoms with Crippen molar-refractivity contribution in [3.8, 4) is 0 Å². The average Bonchev–Trinajstić information content (AvgIpc) is 2.40. The fourth-order valence-corrected chi connectivity index (χ4v) is 5.21. The van der Waals surface area contributed by atoms with Crippen LogP contribution >= 0.6 is 0 Å². The number of carbonyl (C=O) groups excluding carboxylic acids is 1. The molecular weight excluding hydrogens is 276 g/mol. The summed E-state index contributed by atoms with van der Waals surface area (Å²) in [5, 5.41) is 3.32. The molecule has 4 nitrogen and oxygen atoms in total. The van der Waals surface area contributed by atoms with Gasteiger partial charge in [0.2, 0.25) is 5.91 Å². The Morgan fingerprint density at radius 1 is 1.27 bits per heavy atom. The summed E-state index contributed by atoms with van der Waals surface area (Å²) in [6, 6.07) is 0. The second-order valence-electron chi connectivity index (χ2n) is 8.44. The molecule has 0 bridgehead atoms. The first-order valence-electron chi connectivity index (χ1n) is 8.97. The molecule has 2 saturated heterocycles. The summed E-state index contributed by atoms with van der Waals surface area (Å²) >= 11 is 0. The smallest absolute Gasteiger partial charge is 0.217 e. The molecule has 22 heavy (non-hydrogen) atoms. The molecular formula is C18H32N2O2. The zero-order chi connectivity index (χ0) is 16.0. The molecule has 3 rings (SSSR count). The van der Waals surface area contributed by atoms with Crippen LogP contribution in [-0.2, 0) is 9.53 Å². The number of piperidine rings is 1. The largest absolute Gasteiger partial charge is 0.371 e. The van der Waals surface area contributed by atoms with Gasteiger partial charge in [-0.3, -0.25) is 4.79 Å². The van der Waals surface area contributed by atoms with Crippen LogP contribution in [0.4, 0.5) is 0 Å². The molecule has 0 unspecified atom stereocenters. The Labute approximate surface area is 135 Å². The number of ether oxygens (including phenoxy) is 1. The summed E-state index contributed by atoms with van der Waals surface area (Å²) in [6.07, 6.45) is 7.07. The summed E-state index contributed by atoms with van der Waals surface area (Å²) in [6.45, 7) is 8.46. The van der Waals surface area contributed by atoms with Crippen molar-refractivity contribution in [1.82, 2.24) is 10.2 Å². The molecule has 126 valence electrons. The lowest BCUT2D eigenvalue weighted by Crippen LogP contribution is -2.66. The lowest BCUT2D eigenvalue weighted by atomic mass is 9.63. The molecule has 1 N–H and O–H groups in total. The molecule has 0 aromatic carbocycles. The van der Waals surface area contributed by atoms with Crippen LogP contribution in [0.1, 0.15) is 59.3 Å². The molecule has 2 aliphatic heterocycles. The van der Waals surface area contributed by atoms with E-state index in [0.29, 0.717) is 12.0 Å². The maximum Gasteiger partial charge on any atom is 0.217 e. The van der Waals surface area contributed by atoms with Crippen molar-refractivity contribution in [3.63, 3.8) is 0 Å². The van der Waals surface area contributed by atoms with Crippen molar-refractivity contribution in [2.45, 2.75) is 76.5 Å². The average molecular weight is 308 g/mol. The third-order valence-electron chi connectivity index (χ3n) is 6.32. The van der Waals surface area contributed by atoms with Crippen LogP contribution in [0.3, 0.4) is 0 Å². The first-order valence-corrected chi connectivity index (χ1v) is 8.97. The zero-order valence-corrected chi connectivity index (χ0v) is 14.7. The van der Waals surface area contributed by atoms with Gasteiger partial charge in [0.1, 0.15) is 0 Å². The summed E-state index contributed by atoms with van der Waals surface area (Å²) in [5.41, 5.74) is -0.132. The fourth-order valence-electron chi connectivity index (χ4n) is 5.21. The summed E-state index contributed by atoms with van der Waals surface area (Å²) in [4.78, 5) is 14.2. The first-order chi connectivity index (χ1) is 10.3. The molecule has 0 aromatic rings. The van der Waals surface area contributed by atoms with Gasteiger partial charge in [0.05, 0.1) is 11.7 Å². The highest BCUT2D eigenvalue weighted by Gasteiger charge is 2.54. The highest BCUT2D eigenvalue weighted by Crippen LogP contribution is 2.50. The Bertz CT molecular complexity index is 431. The predicted octanol–water partition coefficient (Wildman–Crippen LogP) is 2.57. The second kappa shape index (κ2) is 5.79. The quantitative estimate of drug-likeness (QED) is 0.809. The van der Waals surface area contributed by atoms with Crippen molar-refractivity contribution in [3.05, 3.63) is 0 Å². The van der Waals surface area contributed by atoms with Crippen molar-refractivity contribution in [2.75, 3.05) is 20.1 Å². The highest BCUT2D eigenvalue weighted by molar-refractivity contribution is 5.73. The van der Waals surface area contributed by atoms with Crippen LogP contribution < -0.4 is 5.32 Å². The van der Waals surface area contributed by atoms with Gasteiger partial charge in [0, 0.05) is 31.5 Å². The standard InChI is InChI=1S/C18H32N2O2/c1-13-5-6-15-16(11-13)22-18(7-9-20(4)10-8-18)12-17(15,3)19-14(2)21/h13,15-16H,5-12H2,1-4H3,(H,19,21)/t13-,15-,16-,17-/m1/s1. The Morgan fingerprint density at radius 2 is 1.95 bits per heavy atom. The molecule has 4 atom stereocenters. The van der Waals surface area contributed by atoms with E-state index in [2.05, 4.69) is 31.1 Å². The summed E-state index contributed by atoms with van der Waals surface area (Å²) in [7, 11) is 2.19. The minimum Gasteiger partial charge on any atom is -0.371 e. The van der Waals surface area contributed by atoms with Crippen LogP contribution in [-0.4, -0.2) is 48.2 Å². The SMILES string of the molecule is CC(=O)N[C@]1(C)CC2(CCN(C)CC2)O[C@@H]2C[C@H](C)CC[C@H]21. The van der Waals surface area contributed by atoms with Crippen molar-refractivity contribution >= 4 is 5.91 Å². The molecule has 1 saturated carbocycles. The fraction of sp³-hybridized carbons (Fsp3) is 0.944. The minimum atomic E-state index is -0.106. The topological polar surface area (TPSA) is 41.6 Å². The molecule has 1 spiro atoms. The van der Waals surface area contributed by atoms with Gasteiger partial charge in [-0.15, -0.1) is 0 Å². The van der Waals surface area contributed by atoms with Crippen LogP contribution in [0, 0.1) is 11.8 Å². The number of fused-ring (bicyclic) bond motifs is 1. The lowest BCUT2D eigenvalue weighted by molar-refractivity contribution is -0.214. The van der Waals surface area contributed by atoms with Gasteiger partial charge in [-0.2, -0.15) is 0 Å². The molecule has 0 aromatic heterocycles. The van der Waals surface area contributed by atoms with Gasteiger partial charge in [-0.1, -0.05) is 13.3 Å². The van der Waals surface area contributed by atoms with E-state index in [4.69, 9.17) is 4.74 Å². The van der Waals surface area contributed by atoms with E-state index in [9.17, 15) is 4.79 Å². The van der Waals surface area contributed by atoms with E-state index in [0.717, 1.165) is 44.7 Å². The number of hydrogen-bond acceptors (Lipinski definition) is 3. The molecule has 3 fully saturated rings. The maximum absolute atomic E-state index is 11.8. The van der Waals surface area contributed by atoms with Crippen LogP contribution in [0.15, 0.2) is 0 Å². The van der Waals surface area contributed by atoms with E-state index in [1.54, 1.807) is 6.92 Å². The third-order valence-corrected chi connectivity index (χ3v) is 6.32. The Morgan fingerprint density at radius 3 is 2.59 bits per heavy atom. The molecule has 0 radical (unpaired) electrons. The predicted molar refractivity (Wildman–Crippen MR) is 87.7 cm³/mol. The Balaban J connectivity index is 1.85. The summed E-state index contributed by atoms with van der Waals surface area (Å²) < 4.78 is 6.74.